The monoisotopic (exact) mass is 429 g/mol. The van der Waals surface area contributed by atoms with Gasteiger partial charge in [0.05, 0.1) is 25.0 Å². The molecule has 0 bridgehead atoms. The summed E-state index contributed by atoms with van der Waals surface area (Å²) in [5.41, 5.74) is 2.97. The molecule has 0 fully saturated rings. The van der Waals surface area contributed by atoms with E-state index in [1.807, 2.05) is 6.92 Å². The molecular weight excluding hydrogens is 398 g/mol. The number of esters is 1. The Labute approximate surface area is 182 Å². The summed E-state index contributed by atoms with van der Waals surface area (Å²) in [5.74, 6) is 0.152. The molecule has 0 saturated carbocycles. The third kappa shape index (κ3) is 6.07. The van der Waals surface area contributed by atoms with E-state index in [9.17, 15) is 9.59 Å². The molecule has 8 nitrogen and oxygen atoms in total. The van der Waals surface area contributed by atoms with Gasteiger partial charge in [-0.2, -0.15) is 5.10 Å². The Morgan fingerprint density at radius 2 is 2.13 bits per heavy atom. The van der Waals surface area contributed by atoms with Crippen LogP contribution in [0.1, 0.15) is 58.3 Å². The molecule has 1 N–H and O–H groups in total. The maximum Gasteiger partial charge on any atom is 0.338 e. The van der Waals surface area contributed by atoms with E-state index < -0.39 is 0 Å². The number of nitrogens with zero attached hydrogens (tertiary/aromatic N) is 2. The Balaban J connectivity index is 1.64. The fourth-order valence-electron chi connectivity index (χ4n) is 3.65. The lowest BCUT2D eigenvalue weighted by Gasteiger charge is -2.08. The largest absolute Gasteiger partial charge is 0.497 e. The number of carbonyl (C=O) groups is 2. The van der Waals surface area contributed by atoms with Crippen molar-refractivity contribution in [2.24, 2.45) is 0 Å². The average Bonchev–Trinajstić information content (AvgIpc) is 3.13. The summed E-state index contributed by atoms with van der Waals surface area (Å²) in [6.45, 7) is 4.79. The van der Waals surface area contributed by atoms with Crippen LogP contribution in [0.5, 0.6) is 5.75 Å². The van der Waals surface area contributed by atoms with Crippen molar-refractivity contribution < 1.29 is 23.8 Å². The summed E-state index contributed by atoms with van der Waals surface area (Å²) >= 11 is 0. The zero-order valence-corrected chi connectivity index (χ0v) is 18.3. The Bertz CT molecular complexity index is 893. The van der Waals surface area contributed by atoms with Gasteiger partial charge in [-0.1, -0.05) is 6.07 Å². The van der Waals surface area contributed by atoms with Crippen LogP contribution in [0, 0.1) is 0 Å². The van der Waals surface area contributed by atoms with Crippen LogP contribution < -0.4 is 10.1 Å². The molecule has 2 heterocycles. The molecule has 31 heavy (non-hydrogen) atoms. The molecule has 1 aliphatic heterocycles. The first-order valence-electron chi connectivity index (χ1n) is 10.9. The molecule has 168 valence electrons. The third-order valence-electron chi connectivity index (χ3n) is 5.21. The molecule has 1 amide bonds. The highest BCUT2D eigenvalue weighted by Crippen LogP contribution is 2.20. The molecule has 1 aromatic heterocycles. The number of carbonyl (C=O) groups excluding carboxylic acids is 2. The van der Waals surface area contributed by atoms with Gasteiger partial charge in [0, 0.05) is 31.9 Å². The molecular formula is C23H31N3O5. The van der Waals surface area contributed by atoms with Gasteiger partial charge in [-0.3, -0.25) is 9.48 Å². The minimum absolute atomic E-state index is 0.0815. The van der Waals surface area contributed by atoms with E-state index in [0.29, 0.717) is 56.2 Å². The van der Waals surface area contributed by atoms with Crippen LogP contribution in [0.25, 0.3) is 0 Å². The minimum atomic E-state index is -0.381. The van der Waals surface area contributed by atoms with Crippen molar-refractivity contribution in [2.75, 3.05) is 33.5 Å². The first kappa shape index (κ1) is 22.8. The van der Waals surface area contributed by atoms with Crippen LogP contribution in [-0.4, -0.2) is 55.1 Å². The van der Waals surface area contributed by atoms with Crippen molar-refractivity contribution in [3.05, 3.63) is 46.8 Å². The van der Waals surface area contributed by atoms with Gasteiger partial charge in [-0.05, 0) is 57.2 Å². The molecule has 3 rings (SSSR count). The highest BCUT2D eigenvalue weighted by atomic mass is 16.5. The first-order chi connectivity index (χ1) is 15.1. The zero-order chi connectivity index (χ0) is 22.1. The number of aromatic nitrogens is 2. The van der Waals surface area contributed by atoms with Crippen molar-refractivity contribution >= 4 is 11.9 Å². The molecule has 2 aromatic rings. The van der Waals surface area contributed by atoms with Crippen molar-refractivity contribution in [1.82, 2.24) is 15.1 Å². The Kier molecular flexibility index (Phi) is 8.46. The summed E-state index contributed by atoms with van der Waals surface area (Å²) < 4.78 is 18.0. The van der Waals surface area contributed by atoms with Gasteiger partial charge < -0.3 is 19.5 Å². The molecule has 0 saturated heterocycles. The van der Waals surface area contributed by atoms with Crippen LogP contribution >= 0.6 is 0 Å². The Hall–Kier alpha value is -2.87. The number of amides is 1. The smallest absolute Gasteiger partial charge is 0.338 e. The van der Waals surface area contributed by atoms with Crippen LogP contribution in [0.3, 0.4) is 0 Å². The number of methoxy groups -OCH3 is 1. The van der Waals surface area contributed by atoms with Crippen molar-refractivity contribution in [3.8, 4) is 5.75 Å². The number of ether oxygens (including phenoxy) is 3. The fourth-order valence-corrected chi connectivity index (χ4v) is 3.65. The maximum absolute atomic E-state index is 12.8. The third-order valence-corrected chi connectivity index (χ3v) is 5.21. The van der Waals surface area contributed by atoms with E-state index >= 15 is 0 Å². The predicted molar refractivity (Wildman–Crippen MR) is 116 cm³/mol. The van der Waals surface area contributed by atoms with Gasteiger partial charge >= 0.3 is 5.97 Å². The van der Waals surface area contributed by atoms with Gasteiger partial charge in [-0.25, -0.2) is 4.79 Å². The number of benzene rings is 1. The zero-order valence-electron chi connectivity index (χ0n) is 18.3. The summed E-state index contributed by atoms with van der Waals surface area (Å²) in [6.07, 6.45) is 3.64. The van der Waals surface area contributed by atoms with E-state index in [4.69, 9.17) is 14.2 Å². The number of fused-ring (bicyclic) bond motifs is 1. The predicted octanol–water partition coefficient (Wildman–Crippen LogP) is 2.78. The quantitative estimate of drug-likeness (QED) is 0.538. The lowest BCUT2D eigenvalue weighted by molar-refractivity contribution is 0.0499. The molecule has 0 aliphatic carbocycles. The Morgan fingerprint density at radius 1 is 1.29 bits per heavy atom. The van der Waals surface area contributed by atoms with Gasteiger partial charge in [0.2, 0.25) is 0 Å². The van der Waals surface area contributed by atoms with E-state index in [2.05, 4.69) is 10.4 Å². The molecule has 0 unspecified atom stereocenters. The molecule has 1 aliphatic rings. The topological polar surface area (TPSA) is 91.7 Å². The van der Waals surface area contributed by atoms with E-state index in [0.717, 1.165) is 30.5 Å². The van der Waals surface area contributed by atoms with Crippen molar-refractivity contribution in [3.63, 3.8) is 0 Å². The minimum Gasteiger partial charge on any atom is -0.497 e. The fraction of sp³-hybridized carbons (Fsp3) is 0.522. The van der Waals surface area contributed by atoms with E-state index in [1.54, 1.807) is 36.1 Å². The summed E-state index contributed by atoms with van der Waals surface area (Å²) in [4.78, 5) is 25.0. The molecule has 0 radical (unpaired) electrons. The maximum atomic E-state index is 12.8. The lowest BCUT2D eigenvalue weighted by atomic mass is 10.0. The van der Waals surface area contributed by atoms with Gasteiger partial charge in [0.15, 0.2) is 0 Å². The number of nitrogens with one attached hydrogen (secondary N) is 1. The lowest BCUT2D eigenvalue weighted by Crippen LogP contribution is -2.28. The van der Waals surface area contributed by atoms with E-state index in [-0.39, 0.29) is 18.5 Å². The second kappa shape index (κ2) is 11.5. The van der Waals surface area contributed by atoms with Crippen molar-refractivity contribution in [2.45, 2.75) is 45.6 Å². The van der Waals surface area contributed by atoms with Gasteiger partial charge in [0.25, 0.3) is 5.91 Å². The van der Waals surface area contributed by atoms with Gasteiger partial charge in [0.1, 0.15) is 11.4 Å². The normalized spacial score (nSPS) is 14.8. The highest BCUT2D eigenvalue weighted by Gasteiger charge is 2.23. The van der Waals surface area contributed by atoms with E-state index in [1.165, 1.54) is 0 Å². The molecule has 0 spiro atoms. The molecule has 0 atom stereocenters. The average molecular weight is 430 g/mol. The van der Waals surface area contributed by atoms with Crippen molar-refractivity contribution in [1.29, 1.82) is 0 Å². The highest BCUT2D eigenvalue weighted by molar-refractivity contribution is 5.94. The van der Waals surface area contributed by atoms with Crippen LogP contribution in [0.2, 0.25) is 0 Å². The first-order valence-corrected chi connectivity index (χ1v) is 10.9. The molecule has 1 aromatic carbocycles. The summed E-state index contributed by atoms with van der Waals surface area (Å²) in [7, 11) is 1.56. The number of rotatable bonds is 7. The Morgan fingerprint density at radius 3 is 2.94 bits per heavy atom. The van der Waals surface area contributed by atoms with Crippen LogP contribution in [-0.2, 0) is 28.9 Å². The summed E-state index contributed by atoms with van der Waals surface area (Å²) in [5, 5.41) is 7.66. The summed E-state index contributed by atoms with van der Waals surface area (Å²) in [6, 6.07) is 6.89. The number of hydrogen-bond donors (Lipinski definition) is 1. The van der Waals surface area contributed by atoms with Gasteiger partial charge in [-0.15, -0.1) is 0 Å². The molecule has 8 heteroatoms. The van der Waals surface area contributed by atoms with Crippen LogP contribution in [0.4, 0.5) is 0 Å². The standard InChI is InChI=1S/C23H31N3O5/c1-3-26-21-19(10-5-13-30-14-7-12-24-22(21)27)20(25-26)11-6-15-31-23(28)17-8-4-9-18(16-17)29-2/h4,8-9,16H,3,5-7,10-15H2,1-2H3,(H,24,27). The second-order valence-electron chi connectivity index (χ2n) is 7.39. The van der Waals surface area contributed by atoms with Crippen LogP contribution in [0.15, 0.2) is 24.3 Å². The number of hydrogen-bond acceptors (Lipinski definition) is 6. The second-order valence-corrected chi connectivity index (χ2v) is 7.39. The number of aryl methyl sites for hydroxylation is 2. The SMILES string of the molecule is CCn1nc(CCCOC(=O)c2cccc(OC)c2)c2c1C(=O)NCCCOCCC2.